The zero-order valence-electron chi connectivity index (χ0n) is 10.5. The molecule has 0 radical (unpaired) electrons. The lowest BCUT2D eigenvalue weighted by Gasteiger charge is -2.25. The molecular weight excluding hydrogens is 254 g/mol. The lowest BCUT2D eigenvalue weighted by Crippen LogP contribution is -2.36. The van der Waals surface area contributed by atoms with Crippen molar-refractivity contribution in [2.45, 2.75) is 0 Å². The van der Waals surface area contributed by atoms with Gasteiger partial charge in [-0.1, -0.05) is 36.4 Å². The van der Waals surface area contributed by atoms with Gasteiger partial charge in [-0.2, -0.15) is 0 Å². The minimum Gasteiger partial charge on any atom is -0.502 e. The summed E-state index contributed by atoms with van der Waals surface area (Å²) in [6.07, 6.45) is 0. The first-order valence-electron chi connectivity index (χ1n) is 6.12. The summed E-state index contributed by atoms with van der Waals surface area (Å²) in [6.45, 7) is 0. The average Bonchev–Trinajstić information content (AvgIpc) is 2.53. The summed E-state index contributed by atoms with van der Waals surface area (Å²) >= 11 is 0. The molecule has 0 saturated carbocycles. The maximum absolute atomic E-state index is 11.8. The monoisotopic (exact) mass is 265 g/mol. The molecule has 0 atom stereocenters. The number of nitrogens with zero attached hydrogens (tertiary/aromatic N) is 1. The highest BCUT2D eigenvalue weighted by molar-refractivity contribution is 5.81. The molecule has 0 saturated heterocycles. The highest BCUT2D eigenvalue weighted by atomic mass is 16.3. The van der Waals surface area contributed by atoms with Crippen molar-refractivity contribution < 1.29 is 5.11 Å². The fourth-order valence-corrected chi connectivity index (χ4v) is 2.14. The molecule has 4 nitrogen and oxygen atoms in total. The van der Waals surface area contributed by atoms with Crippen molar-refractivity contribution >= 4 is 17.1 Å². The van der Waals surface area contributed by atoms with E-state index < -0.39 is 16.6 Å². The Labute approximate surface area is 114 Å². The molecule has 1 N–H and O–H groups in total. The van der Waals surface area contributed by atoms with Crippen molar-refractivity contribution in [3.8, 4) is 5.75 Å². The summed E-state index contributed by atoms with van der Waals surface area (Å²) in [4.78, 5) is 24.6. The maximum Gasteiger partial charge on any atom is 0.271 e. The van der Waals surface area contributed by atoms with Crippen LogP contribution in [0.2, 0.25) is 0 Å². The Morgan fingerprint density at radius 2 is 1.15 bits per heavy atom. The number of aromatic hydroxyl groups is 1. The van der Waals surface area contributed by atoms with Gasteiger partial charge in [0.25, 0.3) is 10.9 Å². The highest BCUT2D eigenvalue weighted by Crippen LogP contribution is 2.36. The summed E-state index contributed by atoms with van der Waals surface area (Å²) in [5, 5.41) is 9.71. The summed E-state index contributed by atoms with van der Waals surface area (Å²) in [5.41, 5.74) is -0.0679. The van der Waals surface area contributed by atoms with Crippen LogP contribution in [0.3, 0.4) is 0 Å². The van der Waals surface area contributed by atoms with Crippen LogP contribution in [0.4, 0.5) is 17.1 Å². The van der Waals surface area contributed by atoms with Gasteiger partial charge in [-0.3, -0.25) is 9.59 Å². The Morgan fingerprint density at radius 3 is 1.55 bits per heavy atom. The summed E-state index contributed by atoms with van der Waals surface area (Å²) in [6, 6.07) is 18.3. The molecule has 0 aliphatic rings. The number of rotatable bonds is 3. The molecule has 0 bridgehead atoms. The van der Waals surface area contributed by atoms with Crippen LogP contribution in [0.25, 0.3) is 0 Å². The first-order chi connectivity index (χ1) is 9.70. The van der Waals surface area contributed by atoms with E-state index in [1.165, 1.54) is 0 Å². The Balaban J connectivity index is 2.21. The zero-order valence-corrected chi connectivity index (χ0v) is 10.5. The molecule has 0 aromatic heterocycles. The topological polar surface area (TPSA) is 57.6 Å². The number of para-hydroxylation sites is 2. The molecule has 3 aromatic carbocycles. The quantitative estimate of drug-likeness (QED) is 0.739. The second-order valence-electron chi connectivity index (χ2n) is 4.36. The van der Waals surface area contributed by atoms with Crippen LogP contribution in [0.15, 0.2) is 70.3 Å². The minimum absolute atomic E-state index is 0.0207. The van der Waals surface area contributed by atoms with Crippen molar-refractivity contribution in [1.29, 1.82) is 0 Å². The van der Waals surface area contributed by atoms with E-state index in [-0.39, 0.29) is 5.69 Å². The molecular formula is C16H11NO3. The summed E-state index contributed by atoms with van der Waals surface area (Å²) < 4.78 is 0. The van der Waals surface area contributed by atoms with E-state index in [2.05, 4.69) is 0 Å². The number of hydrogen-bond acceptors (Lipinski definition) is 4. The Hall–Kier alpha value is -2.88. The molecule has 98 valence electrons. The van der Waals surface area contributed by atoms with E-state index >= 15 is 0 Å². The number of benzene rings is 2. The Bertz CT molecular complexity index is 763. The average molecular weight is 265 g/mol. The molecule has 0 spiro atoms. The van der Waals surface area contributed by atoms with Crippen molar-refractivity contribution in [3.05, 3.63) is 81.1 Å². The molecule has 0 amide bonds. The van der Waals surface area contributed by atoms with Crippen LogP contribution in [-0.4, -0.2) is 5.11 Å². The van der Waals surface area contributed by atoms with Gasteiger partial charge in [-0.05, 0) is 24.3 Å². The second kappa shape index (κ2) is 4.66. The fourth-order valence-electron chi connectivity index (χ4n) is 2.14. The van der Waals surface area contributed by atoms with E-state index in [4.69, 9.17) is 0 Å². The first kappa shape index (κ1) is 12.2. The largest absolute Gasteiger partial charge is 0.502 e. The number of anilines is 3. The normalized spacial score (nSPS) is 10.6. The highest BCUT2D eigenvalue weighted by Gasteiger charge is 2.27. The van der Waals surface area contributed by atoms with Crippen LogP contribution in [-0.2, 0) is 0 Å². The minimum atomic E-state index is -0.836. The first-order valence-corrected chi connectivity index (χ1v) is 6.12. The van der Waals surface area contributed by atoms with Gasteiger partial charge in [0.1, 0.15) is 5.69 Å². The lowest BCUT2D eigenvalue weighted by atomic mass is 10.1. The smallest absolute Gasteiger partial charge is 0.271 e. The molecule has 0 heterocycles. The van der Waals surface area contributed by atoms with E-state index in [1.54, 1.807) is 4.90 Å². The Morgan fingerprint density at radius 1 is 0.700 bits per heavy atom. The Kier molecular flexibility index (Phi) is 2.84. The third-order valence-electron chi connectivity index (χ3n) is 3.11. The van der Waals surface area contributed by atoms with E-state index in [0.717, 1.165) is 0 Å². The zero-order chi connectivity index (χ0) is 14.1. The predicted molar refractivity (Wildman–Crippen MR) is 77.7 cm³/mol. The van der Waals surface area contributed by atoms with Crippen molar-refractivity contribution in [3.63, 3.8) is 0 Å². The predicted octanol–water partition coefficient (Wildman–Crippen LogP) is 2.46. The molecule has 0 aliphatic carbocycles. The van der Waals surface area contributed by atoms with Gasteiger partial charge in [-0.25, -0.2) is 0 Å². The summed E-state index contributed by atoms with van der Waals surface area (Å²) in [5.74, 6) is -0.484. The molecule has 3 rings (SSSR count). The van der Waals surface area contributed by atoms with Crippen LogP contribution in [0.1, 0.15) is 0 Å². The molecule has 0 fully saturated rings. The molecule has 3 aromatic rings. The van der Waals surface area contributed by atoms with Gasteiger partial charge in [0, 0.05) is 11.4 Å². The standard InChI is InChI=1S/C16H11NO3/c18-14-13(15(19)16(14)20)17(11-7-3-1-4-8-11)12-9-5-2-6-10-12/h1-10,18H. The molecule has 20 heavy (non-hydrogen) atoms. The van der Waals surface area contributed by atoms with Gasteiger partial charge in [-0.15, -0.1) is 0 Å². The van der Waals surface area contributed by atoms with Gasteiger partial charge in [0.05, 0.1) is 0 Å². The third kappa shape index (κ3) is 1.78. The fraction of sp³-hybridized carbons (Fsp3) is 0. The van der Waals surface area contributed by atoms with Crippen LogP contribution >= 0.6 is 0 Å². The van der Waals surface area contributed by atoms with Crippen LogP contribution in [0.5, 0.6) is 5.75 Å². The number of hydrogen-bond donors (Lipinski definition) is 1. The third-order valence-corrected chi connectivity index (χ3v) is 3.11. The van der Waals surface area contributed by atoms with E-state index in [0.29, 0.717) is 11.4 Å². The second-order valence-corrected chi connectivity index (χ2v) is 4.36. The molecule has 0 unspecified atom stereocenters. The van der Waals surface area contributed by atoms with Gasteiger partial charge >= 0.3 is 0 Å². The van der Waals surface area contributed by atoms with Crippen molar-refractivity contribution in [1.82, 2.24) is 0 Å². The SMILES string of the molecule is O=c1c(O)c(N(c2ccccc2)c2ccccc2)c1=O. The maximum atomic E-state index is 11.8. The van der Waals surface area contributed by atoms with Crippen LogP contribution < -0.4 is 15.8 Å². The van der Waals surface area contributed by atoms with Gasteiger partial charge < -0.3 is 10.0 Å². The van der Waals surface area contributed by atoms with Crippen molar-refractivity contribution in [2.24, 2.45) is 0 Å². The van der Waals surface area contributed by atoms with Gasteiger partial charge in [0.15, 0.2) is 5.75 Å². The van der Waals surface area contributed by atoms with E-state index in [1.807, 2.05) is 60.7 Å². The lowest BCUT2D eigenvalue weighted by molar-refractivity contribution is 0.464. The van der Waals surface area contributed by atoms with Crippen molar-refractivity contribution in [2.75, 3.05) is 4.90 Å². The van der Waals surface area contributed by atoms with E-state index in [9.17, 15) is 14.7 Å². The van der Waals surface area contributed by atoms with Crippen LogP contribution in [0, 0.1) is 0 Å². The summed E-state index contributed by atoms with van der Waals surface area (Å²) in [7, 11) is 0. The molecule has 4 heteroatoms. The molecule has 0 aliphatic heterocycles. The van der Waals surface area contributed by atoms with Gasteiger partial charge in [0.2, 0.25) is 0 Å².